The third-order valence-electron chi connectivity index (χ3n) is 11.3. The van der Waals surface area contributed by atoms with Crippen molar-refractivity contribution in [2.45, 2.75) is 48.9 Å². The zero-order valence-corrected chi connectivity index (χ0v) is 40.6. The minimum absolute atomic E-state index is 0.166. The van der Waals surface area contributed by atoms with Crippen LogP contribution in [0.2, 0.25) is 0 Å². The summed E-state index contributed by atoms with van der Waals surface area (Å²) in [5.74, 6) is -3.10. The van der Waals surface area contributed by atoms with Gasteiger partial charge in [-0.15, -0.1) is 0 Å². The molecular formula is C57H46N4O9S2. The topological polar surface area (TPSA) is 157 Å². The van der Waals surface area contributed by atoms with Crippen LogP contribution in [-0.2, 0) is 23.7 Å². The third-order valence-corrected chi connectivity index (χ3v) is 13.2. The van der Waals surface area contributed by atoms with Gasteiger partial charge in [-0.1, -0.05) is 150 Å². The van der Waals surface area contributed by atoms with Crippen LogP contribution in [0.15, 0.2) is 215 Å². The van der Waals surface area contributed by atoms with Crippen molar-refractivity contribution >= 4 is 58.4 Å². The lowest BCUT2D eigenvalue weighted by molar-refractivity contribution is -0.207. The Morgan fingerprint density at radius 3 is 1.54 bits per heavy atom. The van der Waals surface area contributed by atoms with Crippen molar-refractivity contribution in [1.29, 1.82) is 0 Å². The van der Waals surface area contributed by atoms with Crippen LogP contribution >= 0.6 is 23.1 Å². The fraction of sp³-hybridized carbons (Fsp3) is 0.140. The first-order valence-corrected chi connectivity index (χ1v) is 24.6. The van der Waals surface area contributed by atoms with E-state index in [1.807, 2.05) is 97.3 Å². The van der Waals surface area contributed by atoms with Crippen LogP contribution in [0, 0.1) is 13.8 Å². The van der Waals surface area contributed by atoms with Gasteiger partial charge in [0.25, 0.3) is 0 Å². The number of carbonyl (C=O) groups excluding carboxylic acids is 4. The van der Waals surface area contributed by atoms with Crippen LogP contribution in [0.1, 0.15) is 52.6 Å². The van der Waals surface area contributed by atoms with E-state index in [1.54, 1.807) is 121 Å². The average Bonchev–Trinajstić information content (AvgIpc) is 3.41. The Morgan fingerprint density at radius 1 is 0.542 bits per heavy atom. The van der Waals surface area contributed by atoms with E-state index in [0.717, 1.165) is 22.9 Å². The van der Waals surface area contributed by atoms with E-state index in [0.29, 0.717) is 26.7 Å². The van der Waals surface area contributed by atoms with E-state index in [9.17, 15) is 19.2 Å². The predicted molar refractivity (Wildman–Crippen MR) is 272 cm³/mol. The molecule has 1 fully saturated rings. The van der Waals surface area contributed by atoms with Crippen LogP contribution in [0.25, 0.3) is 5.69 Å². The zero-order chi connectivity index (χ0) is 49.8. The molecule has 1 saturated heterocycles. The first-order chi connectivity index (χ1) is 35.2. The molecule has 7 aromatic carbocycles. The van der Waals surface area contributed by atoms with Crippen LogP contribution in [0.5, 0.6) is 0 Å². The Hall–Kier alpha value is -8.24. The van der Waals surface area contributed by atoms with Crippen LogP contribution in [0.4, 0.5) is 11.4 Å². The van der Waals surface area contributed by atoms with E-state index in [2.05, 4.69) is 0 Å². The number of para-hydroxylation sites is 2. The quantitative estimate of drug-likeness (QED) is 0.0754. The van der Waals surface area contributed by atoms with Crippen molar-refractivity contribution in [2.24, 2.45) is 9.98 Å². The summed E-state index contributed by atoms with van der Waals surface area (Å²) in [7, 11) is 0. The molecule has 0 bridgehead atoms. The van der Waals surface area contributed by atoms with Gasteiger partial charge in [0.1, 0.15) is 12.7 Å². The summed E-state index contributed by atoms with van der Waals surface area (Å²) in [4.78, 5) is 72.8. The summed E-state index contributed by atoms with van der Waals surface area (Å²) in [6, 6.07) is 58.0. The molecule has 1 aliphatic heterocycles. The summed E-state index contributed by atoms with van der Waals surface area (Å²) in [5.41, 5.74) is 3.38. The molecule has 0 saturated carbocycles. The molecule has 0 spiro atoms. The highest BCUT2D eigenvalue weighted by molar-refractivity contribution is 7.99. The SMILES string of the molecule is Cc1ccc(N=c2nc(SC3O[C@H](COC(=O)c4ccccc4)[C@@H](OC(=O)c4ccccc4)[C@H](OC(=O)c4ccccc4)[C@H]3OC(=O)c3ccccc3)n(-c3ccccc3C)c(=Nc3ccccc3)s2)cc1. The summed E-state index contributed by atoms with van der Waals surface area (Å²) in [6.07, 6.45) is -6.00. The molecule has 13 nitrogen and oxygen atoms in total. The van der Waals surface area contributed by atoms with Gasteiger partial charge in [0.15, 0.2) is 33.7 Å². The fourth-order valence-corrected chi connectivity index (χ4v) is 9.82. The van der Waals surface area contributed by atoms with Gasteiger partial charge < -0.3 is 23.7 Å². The van der Waals surface area contributed by atoms with E-state index < -0.39 is 60.3 Å². The number of carbonyl (C=O) groups is 4. The zero-order valence-electron chi connectivity index (χ0n) is 38.9. The molecule has 2 heterocycles. The number of nitrogens with zero attached hydrogens (tertiary/aromatic N) is 4. The standard InChI is InChI=1S/C57H46N4O9S2/c1-37-32-34-44(35-33-37)58-55-60-57(61(45-31-19-18-20-38(45)2)56(72-55)59-43-29-16-7-17-30-43)71-54-49(70-53(65)42-27-14-6-15-28-42)48(69-52(64)41-25-12-5-13-26-41)47(68-51(63)40-23-10-4-11-24-40)46(67-54)36-66-50(62)39-21-8-3-9-22-39/h3-35,46-49,54H,36H2,1-2H3/t46-,47-,48+,49-,54?/m1/s1. The maximum Gasteiger partial charge on any atom is 0.338 e. The van der Waals surface area contributed by atoms with Crippen LogP contribution in [-0.4, -0.2) is 69.9 Å². The number of hydrogen-bond acceptors (Lipinski definition) is 14. The van der Waals surface area contributed by atoms with Crippen molar-refractivity contribution in [3.63, 3.8) is 0 Å². The lowest BCUT2D eigenvalue weighted by Gasteiger charge is -2.44. The highest BCUT2D eigenvalue weighted by atomic mass is 32.2. The first-order valence-electron chi connectivity index (χ1n) is 22.9. The van der Waals surface area contributed by atoms with E-state index in [-0.39, 0.29) is 27.4 Å². The molecule has 72 heavy (non-hydrogen) atoms. The summed E-state index contributed by atoms with van der Waals surface area (Å²) >= 11 is 2.28. The number of esters is 4. The number of thioether (sulfide) groups is 1. The van der Waals surface area contributed by atoms with E-state index in [1.165, 1.54) is 11.3 Å². The van der Waals surface area contributed by atoms with Crippen molar-refractivity contribution in [2.75, 3.05) is 6.61 Å². The fourth-order valence-electron chi connectivity index (χ4n) is 7.65. The van der Waals surface area contributed by atoms with Gasteiger partial charge in [-0.25, -0.2) is 29.2 Å². The molecule has 8 aromatic rings. The number of benzene rings is 7. The van der Waals surface area contributed by atoms with Crippen molar-refractivity contribution < 1.29 is 42.9 Å². The number of aryl methyl sites for hydroxylation is 2. The van der Waals surface area contributed by atoms with E-state index in [4.69, 9.17) is 38.7 Å². The summed E-state index contributed by atoms with van der Waals surface area (Å²) < 4.78 is 34.0. The number of ether oxygens (including phenoxy) is 5. The smallest absolute Gasteiger partial charge is 0.338 e. The normalized spacial score (nSPS) is 17.9. The minimum atomic E-state index is -1.59. The maximum atomic E-state index is 14.4. The monoisotopic (exact) mass is 994 g/mol. The lowest BCUT2D eigenvalue weighted by Crippen LogP contribution is -2.62. The lowest BCUT2D eigenvalue weighted by atomic mass is 9.98. The van der Waals surface area contributed by atoms with E-state index >= 15 is 0 Å². The van der Waals surface area contributed by atoms with Crippen LogP contribution < -0.4 is 9.60 Å². The molecular weight excluding hydrogens is 949 g/mol. The number of hydrogen-bond donors (Lipinski definition) is 0. The Kier molecular flexibility index (Phi) is 15.7. The van der Waals surface area contributed by atoms with Crippen molar-refractivity contribution in [3.8, 4) is 5.69 Å². The molecule has 15 heteroatoms. The second-order valence-electron chi connectivity index (χ2n) is 16.4. The average molecular weight is 995 g/mol. The molecule has 360 valence electrons. The second kappa shape index (κ2) is 23.1. The summed E-state index contributed by atoms with van der Waals surface area (Å²) in [5, 5.41) is 0.280. The minimum Gasteiger partial charge on any atom is -0.459 e. The molecule has 0 radical (unpaired) electrons. The highest BCUT2D eigenvalue weighted by Gasteiger charge is 2.54. The van der Waals surface area contributed by atoms with Gasteiger partial charge in [-0.2, -0.15) is 4.98 Å². The van der Waals surface area contributed by atoms with Gasteiger partial charge in [0.05, 0.1) is 39.3 Å². The number of aromatic nitrogens is 2. The molecule has 9 rings (SSSR count). The highest BCUT2D eigenvalue weighted by Crippen LogP contribution is 2.39. The molecule has 0 N–H and O–H groups in total. The molecule has 1 unspecified atom stereocenters. The van der Waals surface area contributed by atoms with Crippen LogP contribution in [0.3, 0.4) is 0 Å². The van der Waals surface area contributed by atoms with Gasteiger partial charge >= 0.3 is 23.9 Å². The third kappa shape index (κ3) is 12.0. The molecule has 1 aliphatic rings. The summed E-state index contributed by atoms with van der Waals surface area (Å²) in [6.45, 7) is 3.45. The van der Waals surface area contributed by atoms with Crippen molar-refractivity contribution in [1.82, 2.24) is 9.55 Å². The molecule has 1 aromatic heterocycles. The molecule has 0 aliphatic carbocycles. The molecule has 0 amide bonds. The largest absolute Gasteiger partial charge is 0.459 e. The number of rotatable bonds is 14. The van der Waals surface area contributed by atoms with Gasteiger partial charge in [0, 0.05) is 0 Å². The van der Waals surface area contributed by atoms with Gasteiger partial charge in [-0.3, -0.25) is 4.57 Å². The Bertz CT molecular complexity index is 3300. The predicted octanol–water partition coefficient (Wildman–Crippen LogP) is 10.4. The van der Waals surface area contributed by atoms with Crippen molar-refractivity contribution in [3.05, 3.63) is 243 Å². The second-order valence-corrected chi connectivity index (χ2v) is 18.4. The Labute approximate surface area is 423 Å². The first kappa shape index (κ1) is 48.8. The van der Waals surface area contributed by atoms with Gasteiger partial charge in [0.2, 0.25) is 4.80 Å². The Morgan fingerprint density at radius 2 is 1.00 bits per heavy atom. The maximum absolute atomic E-state index is 14.4. The molecule has 5 atom stereocenters. The Balaban J connectivity index is 1.25. The van der Waals surface area contributed by atoms with Gasteiger partial charge in [-0.05, 0) is 98.3 Å².